The number of imide groups is 1. The number of benzene rings is 2. The third kappa shape index (κ3) is 4.00. The highest BCUT2D eigenvalue weighted by molar-refractivity contribution is 6.21. The Morgan fingerprint density at radius 3 is 2.39 bits per heavy atom. The molecule has 0 unspecified atom stereocenters. The Kier molecular flexibility index (Phi) is 5.79. The van der Waals surface area contributed by atoms with Crippen molar-refractivity contribution in [2.24, 2.45) is 0 Å². The molecule has 0 bridgehead atoms. The summed E-state index contributed by atoms with van der Waals surface area (Å²) in [5.74, 6) is -0.718. The van der Waals surface area contributed by atoms with Gasteiger partial charge in [-0.3, -0.25) is 24.0 Å². The summed E-state index contributed by atoms with van der Waals surface area (Å²) < 4.78 is 1.66. The summed E-state index contributed by atoms with van der Waals surface area (Å²) in [4.78, 5) is 51.8. The van der Waals surface area contributed by atoms with Gasteiger partial charge in [0.2, 0.25) is 5.91 Å². The molecule has 5 rings (SSSR count). The lowest BCUT2D eigenvalue weighted by Crippen LogP contribution is -2.45. The van der Waals surface area contributed by atoms with Crippen LogP contribution in [0.2, 0.25) is 0 Å². The van der Waals surface area contributed by atoms with E-state index < -0.39 is 12.1 Å². The second kappa shape index (κ2) is 8.95. The maximum atomic E-state index is 12.6. The van der Waals surface area contributed by atoms with Crippen molar-refractivity contribution >= 4 is 29.5 Å². The molecule has 10 nitrogen and oxygen atoms in total. The lowest BCUT2D eigenvalue weighted by molar-refractivity contribution is -0.117. The fourth-order valence-corrected chi connectivity index (χ4v) is 5.09. The van der Waals surface area contributed by atoms with Gasteiger partial charge < -0.3 is 15.3 Å². The number of carbonyl (C=O) groups is 4. The van der Waals surface area contributed by atoms with Crippen molar-refractivity contribution in [3.05, 3.63) is 71.5 Å². The molecular weight excluding hydrogens is 462 g/mol. The predicted octanol–water partition coefficient (Wildman–Crippen LogP) is 3.30. The Bertz CT molecular complexity index is 1360. The van der Waals surface area contributed by atoms with E-state index in [2.05, 4.69) is 10.4 Å². The molecule has 0 spiro atoms. The monoisotopic (exact) mass is 487 g/mol. The molecule has 2 aromatic carbocycles. The standard InChI is InChI=1S/C26H25N5O5/c1-15-11-22(28-26(35)36)21-12-17(7-8-23(21)31(15)16(2)32)18-13-27-29(14-18)9-10-30-24(33)19-5-3-4-6-20(19)25(30)34/h3-8,12-15,22,28H,9-11H2,1-2H3,(H,35,36)/t15-,22+/m0/s1. The van der Waals surface area contributed by atoms with Gasteiger partial charge in [0.25, 0.3) is 11.8 Å². The Labute approximate surface area is 207 Å². The summed E-state index contributed by atoms with van der Waals surface area (Å²) in [7, 11) is 0. The summed E-state index contributed by atoms with van der Waals surface area (Å²) in [6.07, 6.45) is 2.83. The van der Waals surface area contributed by atoms with E-state index in [0.717, 1.165) is 16.7 Å². The van der Waals surface area contributed by atoms with Crippen LogP contribution in [0.25, 0.3) is 11.1 Å². The number of nitrogens with zero attached hydrogens (tertiary/aromatic N) is 4. The van der Waals surface area contributed by atoms with Crippen LogP contribution < -0.4 is 10.2 Å². The number of rotatable bonds is 5. The Morgan fingerprint density at radius 1 is 1.06 bits per heavy atom. The van der Waals surface area contributed by atoms with Crippen molar-refractivity contribution in [3.8, 4) is 11.1 Å². The smallest absolute Gasteiger partial charge is 0.405 e. The predicted molar refractivity (Wildman–Crippen MR) is 131 cm³/mol. The van der Waals surface area contributed by atoms with Crippen LogP contribution in [0.1, 0.15) is 52.6 Å². The Balaban J connectivity index is 1.37. The van der Waals surface area contributed by atoms with Crippen LogP contribution in [0.3, 0.4) is 0 Å². The zero-order valence-electron chi connectivity index (χ0n) is 19.8. The van der Waals surface area contributed by atoms with Gasteiger partial charge >= 0.3 is 6.09 Å². The second-order valence-corrected chi connectivity index (χ2v) is 9.05. The van der Waals surface area contributed by atoms with Gasteiger partial charge in [-0.05, 0) is 48.7 Å². The lowest BCUT2D eigenvalue weighted by atomic mass is 9.89. The first-order chi connectivity index (χ1) is 17.2. The molecule has 2 aliphatic heterocycles. The molecule has 10 heteroatoms. The zero-order chi connectivity index (χ0) is 25.6. The first-order valence-electron chi connectivity index (χ1n) is 11.7. The highest BCUT2D eigenvalue weighted by Crippen LogP contribution is 2.39. The third-order valence-electron chi connectivity index (χ3n) is 6.71. The average Bonchev–Trinajstić information content (AvgIpc) is 3.40. The number of hydrogen-bond acceptors (Lipinski definition) is 5. The topological polar surface area (TPSA) is 125 Å². The van der Waals surface area contributed by atoms with Crippen molar-refractivity contribution in [1.82, 2.24) is 20.0 Å². The molecule has 184 valence electrons. The van der Waals surface area contributed by atoms with Gasteiger partial charge in [-0.15, -0.1) is 0 Å². The second-order valence-electron chi connectivity index (χ2n) is 9.05. The van der Waals surface area contributed by atoms with Gasteiger partial charge in [-0.25, -0.2) is 4.79 Å². The van der Waals surface area contributed by atoms with E-state index in [9.17, 15) is 24.3 Å². The van der Waals surface area contributed by atoms with Crippen molar-refractivity contribution in [2.45, 2.75) is 38.9 Å². The van der Waals surface area contributed by atoms with Crippen LogP contribution in [0.15, 0.2) is 54.9 Å². The molecule has 36 heavy (non-hydrogen) atoms. The van der Waals surface area contributed by atoms with Crippen LogP contribution in [-0.4, -0.2) is 56.2 Å². The van der Waals surface area contributed by atoms with Gasteiger partial charge in [-0.2, -0.15) is 5.10 Å². The number of hydrogen-bond donors (Lipinski definition) is 2. The van der Waals surface area contributed by atoms with Gasteiger partial charge in [0.1, 0.15) is 0 Å². The molecule has 0 fully saturated rings. The van der Waals surface area contributed by atoms with Crippen molar-refractivity contribution in [1.29, 1.82) is 0 Å². The van der Waals surface area contributed by atoms with Crippen molar-refractivity contribution in [3.63, 3.8) is 0 Å². The number of nitrogens with one attached hydrogen (secondary N) is 1. The maximum Gasteiger partial charge on any atom is 0.405 e. The number of amides is 4. The summed E-state index contributed by atoms with van der Waals surface area (Å²) in [5.41, 5.74) is 3.84. The Morgan fingerprint density at radius 2 is 1.75 bits per heavy atom. The van der Waals surface area contributed by atoms with Gasteiger partial charge in [0.05, 0.1) is 29.9 Å². The number of fused-ring (bicyclic) bond motifs is 2. The molecule has 0 saturated carbocycles. The van der Waals surface area contributed by atoms with Crippen LogP contribution >= 0.6 is 0 Å². The van der Waals surface area contributed by atoms with Gasteiger partial charge in [0, 0.05) is 37.0 Å². The molecule has 3 aromatic rings. The third-order valence-corrected chi connectivity index (χ3v) is 6.71. The van der Waals surface area contributed by atoms with Gasteiger partial charge in [-0.1, -0.05) is 18.2 Å². The molecule has 2 atom stereocenters. The number of anilines is 1. The van der Waals surface area contributed by atoms with E-state index in [1.54, 1.807) is 40.0 Å². The summed E-state index contributed by atoms with van der Waals surface area (Å²) in [6.45, 7) is 3.91. The first kappa shape index (κ1) is 23.3. The highest BCUT2D eigenvalue weighted by atomic mass is 16.4. The number of carbonyl (C=O) groups excluding carboxylic acids is 3. The lowest BCUT2D eigenvalue weighted by Gasteiger charge is -2.39. The van der Waals surface area contributed by atoms with Gasteiger partial charge in [0.15, 0.2) is 0 Å². The molecule has 3 heterocycles. The van der Waals surface area contributed by atoms with Crippen LogP contribution in [0.5, 0.6) is 0 Å². The zero-order valence-corrected chi connectivity index (χ0v) is 19.8. The van der Waals surface area contributed by atoms with E-state index in [1.807, 2.05) is 31.3 Å². The minimum absolute atomic E-state index is 0.105. The molecular formula is C26H25N5O5. The van der Waals surface area contributed by atoms with Crippen LogP contribution in [0, 0.1) is 0 Å². The molecule has 4 amide bonds. The quantitative estimate of drug-likeness (QED) is 0.532. The van der Waals surface area contributed by atoms with E-state index in [4.69, 9.17) is 0 Å². The van der Waals surface area contributed by atoms with Crippen molar-refractivity contribution < 1.29 is 24.3 Å². The molecule has 0 saturated heterocycles. The van der Waals surface area contributed by atoms with Crippen molar-refractivity contribution in [2.75, 3.05) is 11.4 Å². The van der Waals surface area contributed by atoms with Crippen LogP contribution in [0.4, 0.5) is 10.5 Å². The SMILES string of the molecule is CC(=O)N1c2ccc(-c3cnn(CCN4C(=O)c5ccccc5C4=O)c3)cc2[C@H](NC(=O)O)C[C@@H]1C. The fraction of sp³-hybridized carbons (Fsp3) is 0.269. The maximum absolute atomic E-state index is 12.6. The fourth-order valence-electron chi connectivity index (χ4n) is 5.09. The largest absolute Gasteiger partial charge is 0.465 e. The number of aromatic nitrogens is 2. The first-order valence-corrected chi connectivity index (χ1v) is 11.7. The minimum atomic E-state index is -1.12. The van der Waals surface area contributed by atoms with E-state index in [-0.39, 0.29) is 30.3 Å². The molecule has 2 aliphatic rings. The molecule has 0 radical (unpaired) electrons. The summed E-state index contributed by atoms with van der Waals surface area (Å²) >= 11 is 0. The number of carboxylic acid groups (broad SMARTS) is 1. The Hall–Kier alpha value is -4.47. The average molecular weight is 488 g/mol. The van der Waals surface area contributed by atoms with E-state index in [1.165, 1.54) is 11.8 Å². The van der Waals surface area contributed by atoms with Crippen LogP contribution in [-0.2, 0) is 11.3 Å². The normalized spacial score (nSPS) is 18.7. The van der Waals surface area contributed by atoms with E-state index >= 15 is 0 Å². The summed E-state index contributed by atoms with van der Waals surface area (Å²) in [5, 5.41) is 16.3. The van der Waals surface area contributed by atoms with E-state index in [0.29, 0.717) is 29.8 Å². The molecule has 1 aromatic heterocycles. The molecule has 2 N–H and O–H groups in total. The highest BCUT2D eigenvalue weighted by Gasteiger charge is 2.35. The molecule has 0 aliphatic carbocycles. The minimum Gasteiger partial charge on any atom is -0.465 e. The summed E-state index contributed by atoms with van der Waals surface area (Å²) in [6, 6.07) is 11.7.